The summed E-state index contributed by atoms with van der Waals surface area (Å²) in [6.07, 6.45) is 3.89. The van der Waals surface area contributed by atoms with Gasteiger partial charge in [0.1, 0.15) is 23.9 Å². The molecule has 5 rings (SSSR count). The monoisotopic (exact) mass is 518 g/mol. The van der Waals surface area contributed by atoms with E-state index in [0.29, 0.717) is 13.2 Å². The number of aromatic hydroxyl groups is 2. The number of ether oxygens (including phenoxy) is 1. The molecule has 1 aromatic heterocycles. The molecule has 1 unspecified atom stereocenters. The molecule has 3 aromatic carbocycles. The Kier molecular flexibility index (Phi) is 8.26. The maximum atomic E-state index is 10.1. The van der Waals surface area contributed by atoms with Gasteiger partial charge in [0.15, 0.2) is 0 Å². The van der Waals surface area contributed by atoms with Gasteiger partial charge >= 0.3 is 0 Å². The topological polar surface area (TPSA) is 85.2 Å². The number of likely N-dealkylation sites (tertiary alicyclic amines) is 1. The first kappa shape index (κ1) is 25.5. The van der Waals surface area contributed by atoms with E-state index >= 15 is 0 Å². The molecule has 2 heterocycles. The number of nitrogens with zero attached hydrogens (tertiary/aromatic N) is 1. The number of rotatable bonds is 10. The number of aliphatic hydroxyl groups is 1. The average Bonchev–Trinajstić information content (AvgIpc) is 3.29. The van der Waals surface area contributed by atoms with Gasteiger partial charge in [-0.25, -0.2) is 0 Å². The number of nitrogens with one attached hydrogen (secondary N) is 1. The molecule has 1 aliphatic heterocycles. The minimum Gasteiger partial charge on any atom is -0.508 e. The molecule has 0 amide bonds. The van der Waals surface area contributed by atoms with Crippen LogP contribution in [0.3, 0.4) is 0 Å². The van der Waals surface area contributed by atoms with E-state index in [4.69, 9.17) is 4.74 Å². The number of hydrogen-bond acceptors (Lipinski definition) is 7. The minimum absolute atomic E-state index is 0.0194. The molecule has 194 valence electrons. The highest BCUT2D eigenvalue weighted by Gasteiger charge is 2.24. The third-order valence-electron chi connectivity index (χ3n) is 6.93. The molecule has 37 heavy (non-hydrogen) atoms. The Morgan fingerprint density at radius 1 is 0.892 bits per heavy atom. The first-order valence-corrected chi connectivity index (χ1v) is 13.8. The lowest BCUT2D eigenvalue weighted by Gasteiger charge is -2.26. The quantitative estimate of drug-likeness (QED) is 0.221. The van der Waals surface area contributed by atoms with Crippen molar-refractivity contribution >= 4 is 21.4 Å². The van der Waals surface area contributed by atoms with Gasteiger partial charge in [-0.2, -0.15) is 0 Å². The summed E-state index contributed by atoms with van der Waals surface area (Å²) in [7, 11) is 0. The maximum absolute atomic E-state index is 10.1. The van der Waals surface area contributed by atoms with Gasteiger partial charge in [0.05, 0.1) is 12.6 Å². The van der Waals surface area contributed by atoms with Gasteiger partial charge in [-0.1, -0.05) is 18.6 Å². The summed E-state index contributed by atoms with van der Waals surface area (Å²) in [5.41, 5.74) is 3.13. The number of fused-ring (bicyclic) bond motifs is 1. The van der Waals surface area contributed by atoms with Crippen LogP contribution in [0.2, 0.25) is 0 Å². The number of aliphatic hydroxyl groups excluding tert-OH is 1. The molecule has 1 fully saturated rings. The Labute approximate surface area is 221 Å². The smallest absolute Gasteiger partial charge is 0.119 e. The van der Waals surface area contributed by atoms with Crippen molar-refractivity contribution in [3.63, 3.8) is 0 Å². The number of phenolic OH excluding ortho intramolecular Hbond substituents is 2. The fraction of sp³-hybridized carbons (Fsp3) is 0.333. The van der Waals surface area contributed by atoms with E-state index < -0.39 is 0 Å². The van der Waals surface area contributed by atoms with Gasteiger partial charge in [-0.15, -0.1) is 11.3 Å². The van der Waals surface area contributed by atoms with Crippen LogP contribution in [0.1, 0.15) is 36.4 Å². The van der Waals surface area contributed by atoms with Gasteiger partial charge < -0.3 is 25.4 Å². The summed E-state index contributed by atoms with van der Waals surface area (Å²) in [5.74, 6) is 1.29. The molecule has 0 radical (unpaired) electrons. The van der Waals surface area contributed by atoms with Crippen molar-refractivity contribution in [1.29, 1.82) is 0 Å². The molecule has 0 spiro atoms. The summed E-state index contributed by atoms with van der Waals surface area (Å²) in [4.78, 5) is 3.52. The molecule has 7 heteroatoms. The Hall–Kier alpha value is -3.10. The van der Waals surface area contributed by atoms with Gasteiger partial charge in [-0.3, -0.25) is 4.90 Å². The van der Waals surface area contributed by atoms with Gasteiger partial charge in [0.2, 0.25) is 0 Å². The van der Waals surface area contributed by atoms with Crippen LogP contribution < -0.4 is 10.1 Å². The molecule has 0 saturated carbocycles. The maximum Gasteiger partial charge on any atom is 0.119 e. The largest absolute Gasteiger partial charge is 0.508 e. The molecular weight excluding hydrogens is 484 g/mol. The molecule has 4 aromatic rings. The van der Waals surface area contributed by atoms with Gasteiger partial charge in [0, 0.05) is 22.7 Å². The van der Waals surface area contributed by atoms with E-state index in [2.05, 4.69) is 22.3 Å². The molecule has 1 atom stereocenters. The molecule has 1 saturated heterocycles. The lowest BCUT2D eigenvalue weighted by molar-refractivity contribution is 0.183. The average molecular weight is 519 g/mol. The number of hydrogen-bond donors (Lipinski definition) is 4. The fourth-order valence-electron chi connectivity index (χ4n) is 5.05. The van der Waals surface area contributed by atoms with Crippen molar-refractivity contribution < 1.29 is 20.1 Å². The molecule has 6 nitrogen and oxygen atoms in total. The molecular formula is C30H34N2O4S. The van der Waals surface area contributed by atoms with E-state index in [-0.39, 0.29) is 24.1 Å². The van der Waals surface area contributed by atoms with Crippen molar-refractivity contribution in [3.8, 4) is 27.7 Å². The van der Waals surface area contributed by atoms with E-state index in [9.17, 15) is 15.3 Å². The highest BCUT2D eigenvalue weighted by atomic mass is 32.1. The normalized spacial score (nSPS) is 15.2. The third-order valence-corrected chi connectivity index (χ3v) is 8.15. The fourth-order valence-corrected chi connectivity index (χ4v) is 6.33. The van der Waals surface area contributed by atoms with Gasteiger partial charge in [0.25, 0.3) is 0 Å². The number of phenols is 2. The van der Waals surface area contributed by atoms with Crippen LogP contribution in [0, 0.1) is 0 Å². The van der Waals surface area contributed by atoms with E-state index in [1.807, 2.05) is 30.3 Å². The second kappa shape index (κ2) is 12.0. The Balaban J connectivity index is 1.45. The predicted molar refractivity (Wildman–Crippen MR) is 150 cm³/mol. The highest BCUT2D eigenvalue weighted by Crippen LogP contribution is 2.45. The van der Waals surface area contributed by atoms with Crippen molar-refractivity contribution in [1.82, 2.24) is 10.2 Å². The van der Waals surface area contributed by atoms with Crippen LogP contribution in [0.5, 0.6) is 17.2 Å². The van der Waals surface area contributed by atoms with Gasteiger partial charge in [-0.05, 0) is 103 Å². The Bertz CT molecular complexity index is 1300. The summed E-state index contributed by atoms with van der Waals surface area (Å²) >= 11 is 1.61. The molecule has 0 bridgehead atoms. The molecule has 4 N–H and O–H groups in total. The van der Waals surface area contributed by atoms with Crippen LogP contribution in [0.15, 0.2) is 66.7 Å². The van der Waals surface area contributed by atoms with Crippen molar-refractivity contribution in [2.24, 2.45) is 0 Å². The lowest BCUT2D eigenvalue weighted by Crippen LogP contribution is -2.33. The zero-order chi connectivity index (χ0) is 25.6. The lowest BCUT2D eigenvalue weighted by atomic mass is 9.93. The van der Waals surface area contributed by atoms with E-state index in [1.165, 1.54) is 19.3 Å². The molecule has 0 aliphatic carbocycles. The Morgan fingerprint density at radius 3 is 2.35 bits per heavy atom. The highest BCUT2D eigenvalue weighted by molar-refractivity contribution is 7.22. The van der Waals surface area contributed by atoms with Crippen LogP contribution in [-0.2, 0) is 0 Å². The first-order valence-electron chi connectivity index (χ1n) is 13.0. The zero-order valence-corrected chi connectivity index (χ0v) is 21.7. The summed E-state index contributed by atoms with van der Waals surface area (Å²) in [6, 6.07) is 20.6. The van der Waals surface area contributed by atoms with Crippen LogP contribution in [0.4, 0.5) is 0 Å². The second-order valence-corrected chi connectivity index (χ2v) is 10.6. The molecule has 1 aliphatic rings. The SMILES string of the molecule is OCCNC(c1ccc(OCCN2CCCCC2)cc1)c1c(-c2ccc(O)cc2)sc2cc(O)ccc12. The second-order valence-electron chi connectivity index (χ2n) is 9.50. The zero-order valence-electron chi connectivity index (χ0n) is 20.9. The first-order chi connectivity index (χ1) is 18.1. The number of benzene rings is 3. The van der Waals surface area contributed by atoms with Crippen molar-refractivity contribution in [3.05, 3.63) is 77.9 Å². The standard InChI is InChI=1S/C30H34N2O4S/c33-18-14-31-29(21-6-11-25(12-7-21)36-19-17-32-15-2-1-3-16-32)28-26-13-10-24(35)20-27(26)37-30(28)22-4-8-23(34)9-5-22/h4-13,20,29,31,33-35H,1-3,14-19H2. The van der Waals surface area contributed by atoms with Crippen molar-refractivity contribution in [2.45, 2.75) is 25.3 Å². The summed E-state index contributed by atoms with van der Waals surface area (Å²) in [5, 5.41) is 34.2. The Morgan fingerprint density at radius 2 is 1.62 bits per heavy atom. The van der Waals surface area contributed by atoms with Crippen LogP contribution in [-0.4, -0.2) is 59.6 Å². The van der Waals surface area contributed by atoms with Crippen LogP contribution in [0.25, 0.3) is 20.5 Å². The summed E-state index contributed by atoms with van der Waals surface area (Å²) in [6.45, 7) is 4.41. The van der Waals surface area contributed by atoms with E-state index in [1.54, 1.807) is 35.6 Å². The van der Waals surface area contributed by atoms with Crippen LogP contribution >= 0.6 is 11.3 Å². The minimum atomic E-state index is -0.184. The third kappa shape index (κ3) is 6.08. The van der Waals surface area contributed by atoms with E-state index in [0.717, 1.165) is 57.0 Å². The predicted octanol–water partition coefficient (Wildman–Crippen LogP) is 5.52. The number of piperidine rings is 1. The number of thiophene rings is 1. The summed E-state index contributed by atoms with van der Waals surface area (Å²) < 4.78 is 7.03. The van der Waals surface area contributed by atoms with Crippen molar-refractivity contribution in [2.75, 3.05) is 39.4 Å².